The predicted molar refractivity (Wildman–Crippen MR) is 85.0 cm³/mol. The van der Waals surface area contributed by atoms with Gasteiger partial charge in [0.1, 0.15) is 0 Å². The molecule has 0 aliphatic rings. The molecular formula is C16H15BrN2O. The van der Waals surface area contributed by atoms with E-state index >= 15 is 0 Å². The third kappa shape index (κ3) is 3.48. The first-order chi connectivity index (χ1) is 9.58. The number of aryl methyl sites for hydroxylation is 1. The standard InChI is InChI=1S/C16H15BrN2O/c1-11-6-3-4-9-15(11)16(20)19-18-12(2)13-7-5-8-14(17)10-13/h3-10,18H,2H2,1H3,(H,19,20). The number of halogens is 1. The lowest BCUT2D eigenvalue weighted by molar-refractivity contribution is 0.0942. The lowest BCUT2D eigenvalue weighted by atomic mass is 10.1. The largest absolute Gasteiger partial charge is 0.298 e. The average Bonchev–Trinajstić information content (AvgIpc) is 2.45. The lowest BCUT2D eigenvalue weighted by Crippen LogP contribution is -2.36. The molecule has 1 amide bonds. The van der Waals surface area contributed by atoms with Crippen LogP contribution in [0.25, 0.3) is 5.70 Å². The molecule has 0 aromatic heterocycles. The molecule has 2 N–H and O–H groups in total. The highest BCUT2D eigenvalue weighted by Crippen LogP contribution is 2.15. The molecule has 0 spiro atoms. The van der Waals surface area contributed by atoms with Crippen molar-refractivity contribution in [3.63, 3.8) is 0 Å². The number of amides is 1. The molecule has 20 heavy (non-hydrogen) atoms. The van der Waals surface area contributed by atoms with Gasteiger partial charge in [0, 0.05) is 10.0 Å². The number of nitrogens with one attached hydrogen (secondary N) is 2. The van der Waals surface area contributed by atoms with Gasteiger partial charge in [-0.3, -0.25) is 15.6 Å². The first-order valence-corrected chi connectivity index (χ1v) is 6.94. The maximum atomic E-state index is 12.0. The van der Waals surface area contributed by atoms with E-state index in [1.165, 1.54) is 0 Å². The summed E-state index contributed by atoms with van der Waals surface area (Å²) < 4.78 is 0.961. The second-order valence-electron chi connectivity index (χ2n) is 4.38. The quantitative estimate of drug-likeness (QED) is 0.840. The van der Waals surface area contributed by atoms with E-state index in [2.05, 4.69) is 33.4 Å². The molecule has 102 valence electrons. The van der Waals surface area contributed by atoms with Crippen LogP contribution >= 0.6 is 15.9 Å². The average molecular weight is 331 g/mol. The van der Waals surface area contributed by atoms with Gasteiger partial charge in [-0.2, -0.15) is 0 Å². The van der Waals surface area contributed by atoms with Crippen LogP contribution in [0.4, 0.5) is 0 Å². The van der Waals surface area contributed by atoms with Crippen LogP contribution in [0.1, 0.15) is 21.5 Å². The van der Waals surface area contributed by atoms with Gasteiger partial charge in [-0.15, -0.1) is 0 Å². The summed E-state index contributed by atoms with van der Waals surface area (Å²) >= 11 is 3.40. The van der Waals surface area contributed by atoms with Crippen LogP contribution in [0.2, 0.25) is 0 Å². The highest BCUT2D eigenvalue weighted by Gasteiger charge is 2.08. The Bertz CT molecular complexity index is 652. The van der Waals surface area contributed by atoms with Crippen LogP contribution in [0.3, 0.4) is 0 Å². The second-order valence-corrected chi connectivity index (χ2v) is 5.30. The van der Waals surface area contributed by atoms with Crippen LogP contribution in [0, 0.1) is 6.92 Å². The maximum absolute atomic E-state index is 12.0. The summed E-state index contributed by atoms with van der Waals surface area (Å²) in [5, 5.41) is 0. The molecule has 0 aliphatic heterocycles. The Morgan fingerprint density at radius 1 is 1.10 bits per heavy atom. The Morgan fingerprint density at radius 2 is 1.85 bits per heavy atom. The Labute approximate surface area is 126 Å². The summed E-state index contributed by atoms with van der Waals surface area (Å²) in [6.45, 7) is 5.81. The van der Waals surface area contributed by atoms with Crippen molar-refractivity contribution < 1.29 is 4.79 Å². The van der Waals surface area contributed by atoms with E-state index in [1.54, 1.807) is 6.07 Å². The smallest absolute Gasteiger partial charge is 0.269 e. The zero-order valence-electron chi connectivity index (χ0n) is 11.1. The van der Waals surface area contributed by atoms with Gasteiger partial charge in [-0.05, 0) is 36.2 Å². The molecule has 0 radical (unpaired) electrons. The summed E-state index contributed by atoms with van der Waals surface area (Å²) in [7, 11) is 0. The Morgan fingerprint density at radius 3 is 2.55 bits per heavy atom. The zero-order valence-corrected chi connectivity index (χ0v) is 12.7. The minimum absolute atomic E-state index is 0.181. The topological polar surface area (TPSA) is 41.1 Å². The highest BCUT2D eigenvalue weighted by atomic mass is 79.9. The molecule has 0 bridgehead atoms. The van der Waals surface area contributed by atoms with E-state index in [0.717, 1.165) is 15.6 Å². The van der Waals surface area contributed by atoms with Crippen molar-refractivity contribution in [3.8, 4) is 0 Å². The van der Waals surface area contributed by atoms with Crippen LogP contribution in [-0.2, 0) is 0 Å². The van der Waals surface area contributed by atoms with E-state index < -0.39 is 0 Å². The summed E-state index contributed by atoms with van der Waals surface area (Å²) in [5.74, 6) is -0.181. The molecule has 2 aromatic carbocycles. The van der Waals surface area contributed by atoms with Crippen molar-refractivity contribution in [1.82, 2.24) is 10.9 Å². The van der Waals surface area contributed by atoms with E-state index in [0.29, 0.717) is 11.3 Å². The van der Waals surface area contributed by atoms with Crippen LogP contribution in [0.5, 0.6) is 0 Å². The third-order valence-corrected chi connectivity index (χ3v) is 3.38. The highest BCUT2D eigenvalue weighted by molar-refractivity contribution is 9.10. The fraction of sp³-hybridized carbons (Fsp3) is 0.0625. The monoisotopic (exact) mass is 330 g/mol. The fourth-order valence-corrected chi connectivity index (χ4v) is 2.17. The molecule has 4 heteroatoms. The molecule has 0 unspecified atom stereocenters. The molecule has 2 rings (SSSR count). The molecule has 3 nitrogen and oxygen atoms in total. The van der Waals surface area contributed by atoms with Gasteiger partial charge in [0.2, 0.25) is 0 Å². The number of hydrazine groups is 1. The minimum atomic E-state index is -0.181. The first kappa shape index (κ1) is 14.3. The van der Waals surface area contributed by atoms with Crippen LogP contribution in [0.15, 0.2) is 59.6 Å². The van der Waals surface area contributed by atoms with E-state index in [-0.39, 0.29) is 5.91 Å². The van der Waals surface area contributed by atoms with Gasteiger partial charge in [0.05, 0.1) is 5.70 Å². The van der Waals surface area contributed by atoms with Crippen molar-refractivity contribution in [2.75, 3.05) is 0 Å². The summed E-state index contributed by atoms with van der Waals surface area (Å²) in [6.07, 6.45) is 0. The molecule has 0 heterocycles. The SMILES string of the molecule is C=C(NNC(=O)c1ccccc1C)c1cccc(Br)c1. The van der Waals surface area contributed by atoms with Gasteiger partial charge >= 0.3 is 0 Å². The van der Waals surface area contributed by atoms with Crippen molar-refractivity contribution in [3.05, 3.63) is 76.3 Å². The number of benzene rings is 2. The first-order valence-electron chi connectivity index (χ1n) is 6.15. The molecule has 0 aliphatic carbocycles. The van der Waals surface area contributed by atoms with Gasteiger partial charge in [0.15, 0.2) is 0 Å². The van der Waals surface area contributed by atoms with E-state index in [9.17, 15) is 4.79 Å². The second kappa shape index (κ2) is 6.39. The number of hydrogen-bond acceptors (Lipinski definition) is 2. The Kier molecular flexibility index (Phi) is 4.58. The Hall–Kier alpha value is -2.07. The molecular weight excluding hydrogens is 316 g/mol. The number of carbonyl (C=O) groups is 1. The molecule has 0 atom stereocenters. The van der Waals surface area contributed by atoms with Crippen molar-refractivity contribution in [2.24, 2.45) is 0 Å². The summed E-state index contributed by atoms with van der Waals surface area (Å²) in [5.41, 5.74) is 8.60. The normalized spacial score (nSPS) is 9.90. The Balaban J connectivity index is 2.01. The minimum Gasteiger partial charge on any atom is -0.298 e. The maximum Gasteiger partial charge on any atom is 0.269 e. The van der Waals surface area contributed by atoms with E-state index in [1.807, 2.05) is 49.4 Å². The van der Waals surface area contributed by atoms with Gasteiger partial charge in [0.25, 0.3) is 5.91 Å². The van der Waals surface area contributed by atoms with Gasteiger partial charge < -0.3 is 0 Å². The van der Waals surface area contributed by atoms with Crippen LogP contribution < -0.4 is 10.9 Å². The number of carbonyl (C=O) groups excluding carboxylic acids is 1. The van der Waals surface area contributed by atoms with Crippen molar-refractivity contribution >= 4 is 27.5 Å². The fourth-order valence-electron chi connectivity index (χ4n) is 1.78. The molecule has 0 saturated heterocycles. The number of hydrogen-bond donors (Lipinski definition) is 2. The molecule has 0 saturated carbocycles. The summed E-state index contributed by atoms with van der Waals surface area (Å²) in [4.78, 5) is 12.0. The zero-order chi connectivity index (χ0) is 14.5. The molecule has 0 fully saturated rings. The lowest BCUT2D eigenvalue weighted by Gasteiger charge is -2.12. The third-order valence-electron chi connectivity index (χ3n) is 2.89. The van der Waals surface area contributed by atoms with Crippen molar-refractivity contribution in [1.29, 1.82) is 0 Å². The predicted octanol–water partition coefficient (Wildman–Crippen LogP) is 3.66. The summed E-state index contributed by atoms with van der Waals surface area (Å²) in [6, 6.07) is 15.1. The van der Waals surface area contributed by atoms with Crippen LogP contribution in [-0.4, -0.2) is 5.91 Å². The van der Waals surface area contributed by atoms with E-state index in [4.69, 9.17) is 0 Å². The van der Waals surface area contributed by atoms with Gasteiger partial charge in [-0.1, -0.05) is 52.8 Å². The molecule has 2 aromatic rings. The number of rotatable bonds is 4. The van der Waals surface area contributed by atoms with Crippen molar-refractivity contribution in [2.45, 2.75) is 6.92 Å². The van der Waals surface area contributed by atoms with Gasteiger partial charge in [-0.25, -0.2) is 0 Å².